The summed E-state index contributed by atoms with van der Waals surface area (Å²) in [5.74, 6) is 0. The molecule has 1 aliphatic rings. The van der Waals surface area contributed by atoms with E-state index in [-0.39, 0.29) is 0 Å². The number of hydrogen-bond acceptors (Lipinski definition) is 3. The fourth-order valence-electron chi connectivity index (χ4n) is 1.56. The molecule has 0 unspecified atom stereocenters. The third-order valence-electron chi connectivity index (χ3n) is 2.36. The molecule has 1 fully saturated rings. The van der Waals surface area contributed by atoms with Crippen LogP contribution in [0, 0.1) is 0 Å². The number of hydrogen-bond donors (Lipinski definition) is 1. The van der Waals surface area contributed by atoms with Crippen molar-refractivity contribution in [1.29, 1.82) is 0 Å². The number of rotatable bonds is 3. The lowest BCUT2D eigenvalue weighted by atomic mass is 10.4. The Kier molecular flexibility index (Phi) is 3.37. The van der Waals surface area contributed by atoms with Crippen LogP contribution < -0.4 is 5.32 Å². The van der Waals surface area contributed by atoms with Gasteiger partial charge in [-0.25, -0.2) is 12.7 Å². The number of nitrogens with zero attached hydrogens (tertiary/aromatic N) is 3. The number of aromatic nitrogens is 1. The van der Waals surface area contributed by atoms with E-state index in [0.29, 0.717) is 18.8 Å². The Labute approximate surface area is 94.9 Å². The number of nitrogens with two attached hydrogens (primary N) is 1. The molecule has 1 aromatic rings. The number of quaternary nitrogens is 1. The van der Waals surface area contributed by atoms with Crippen LogP contribution in [-0.4, -0.2) is 43.9 Å². The zero-order valence-corrected chi connectivity index (χ0v) is 9.60. The molecule has 0 spiro atoms. The second kappa shape index (κ2) is 4.77. The minimum Gasteiger partial charge on any atom is -0.562 e. The van der Waals surface area contributed by atoms with E-state index in [2.05, 4.69) is 15.0 Å². The van der Waals surface area contributed by atoms with Gasteiger partial charge in [0.1, 0.15) is 0 Å². The van der Waals surface area contributed by atoms with Gasteiger partial charge in [-0.3, -0.25) is 4.98 Å². The summed E-state index contributed by atoms with van der Waals surface area (Å²) in [6.07, 6.45) is 3.02. The summed E-state index contributed by atoms with van der Waals surface area (Å²) in [6, 6.07) is 3.29. The maximum absolute atomic E-state index is 11.9. The fourth-order valence-corrected chi connectivity index (χ4v) is 2.72. The van der Waals surface area contributed by atoms with Gasteiger partial charge in [0, 0.05) is 12.4 Å². The minimum atomic E-state index is -3.54. The van der Waals surface area contributed by atoms with Crippen molar-refractivity contribution in [2.24, 2.45) is 0 Å². The number of pyridine rings is 1. The van der Waals surface area contributed by atoms with Crippen molar-refractivity contribution in [3.63, 3.8) is 0 Å². The van der Waals surface area contributed by atoms with Gasteiger partial charge >= 0.3 is 0 Å². The van der Waals surface area contributed by atoms with Gasteiger partial charge in [-0.1, -0.05) is 6.07 Å². The predicted molar refractivity (Wildman–Crippen MR) is 59.4 cm³/mol. The first kappa shape index (κ1) is 11.3. The Hall–Kier alpha value is -1.18. The average Bonchev–Trinajstić information content (AvgIpc) is 2.31. The van der Waals surface area contributed by atoms with E-state index in [1.165, 1.54) is 10.5 Å². The molecule has 0 radical (unpaired) electrons. The molecule has 0 amide bonds. The van der Waals surface area contributed by atoms with Gasteiger partial charge in [0.05, 0.1) is 26.2 Å². The van der Waals surface area contributed by atoms with Crippen LogP contribution in [0.5, 0.6) is 0 Å². The van der Waals surface area contributed by atoms with E-state index in [9.17, 15) is 8.42 Å². The van der Waals surface area contributed by atoms with E-state index in [1.54, 1.807) is 18.3 Å². The van der Waals surface area contributed by atoms with Crippen LogP contribution in [0.15, 0.2) is 24.5 Å². The molecule has 0 bridgehead atoms. The van der Waals surface area contributed by atoms with E-state index >= 15 is 0 Å². The van der Waals surface area contributed by atoms with Gasteiger partial charge in [0.2, 0.25) is 0 Å². The third-order valence-corrected chi connectivity index (χ3v) is 3.82. The molecule has 2 rings (SSSR count). The van der Waals surface area contributed by atoms with Crippen LogP contribution in [0.25, 0.3) is 4.72 Å². The SMILES string of the molecule is O=S(=O)([N-]c1cccnc1)N1CC[NH2+]CC1. The van der Waals surface area contributed by atoms with Gasteiger partial charge in [-0.15, -0.1) is 5.69 Å². The van der Waals surface area contributed by atoms with Crippen molar-refractivity contribution in [1.82, 2.24) is 9.29 Å². The van der Waals surface area contributed by atoms with Crippen molar-refractivity contribution in [2.45, 2.75) is 0 Å². The highest BCUT2D eigenvalue weighted by atomic mass is 32.2. The second-order valence-corrected chi connectivity index (χ2v) is 5.14. The van der Waals surface area contributed by atoms with Gasteiger partial charge in [-0.05, 0) is 6.07 Å². The molecule has 0 saturated carbocycles. The van der Waals surface area contributed by atoms with E-state index in [4.69, 9.17) is 0 Å². The predicted octanol–water partition coefficient (Wildman–Crippen LogP) is -0.789. The van der Waals surface area contributed by atoms with Crippen molar-refractivity contribution in [3.05, 3.63) is 29.2 Å². The maximum Gasteiger partial charge on any atom is 0.160 e. The Morgan fingerprint density at radius 1 is 1.38 bits per heavy atom. The summed E-state index contributed by atoms with van der Waals surface area (Å²) in [7, 11) is -3.54. The lowest BCUT2D eigenvalue weighted by Gasteiger charge is -2.32. The van der Waals surface area contributed by atoms with Gasteiger partial charge < -0.3 is 10.0 Å². The van der Waals surface area contributed by atoms with Crippen LogP contribution in [0.1, 0.15) is 0 Å². The van der Waals surface area contributed by atoms with Crippen molar-refractivity contribution in [2.75, 3.05) is 26.2 Å². The van der Waals surface area contributed by atoms with Crippen molar-refractivity contribution >= 4 is 15.9 Å². The lowest BCUT2D eigenvalue weighted by molar-refractivity contribution is -0.661. The fraction of sp³-hybridized carbons (Fsp3) is 0.444. The summed E-state index contributed by atoms with van der Waals surface area (Å²) >= 11 is 0. The topological polar surface area (TPSA) is 81.0 Å². The number of piperazine rings is 1. The molecular weight excluding hydrogens is 228 g/mol. The molecule has 1 saturated heterocycles. The third kappa shape index (κ3) is 2.69. The van der Waals surface area contributed by atoms with Gasteiger partial charge in [0.25, 0.3) is 0 Å². The Morgan fingerprint density at radius 2 is 2.12 bits per heavy atom. The quantitative estimate of drug-likeness (QED) is 0.754. The summed E-state index contributed by atoms with van der Waals surface area (Å²) in [6.45, 7) is 2.63. The van der Waals surface area contributed by atoms with Crippen molar-refractivity contribution in [3.8, 4) is 0 Å². The van der Waals surface area contributed by atoms with Crippen LogP contribution >= 0.6 is 0 Å². The average molecular weight is 242 g/mol. The van der Waals surface area contributed by atoms with Gasteiger partial charge in [0.15, 0.2) is 10.2 Å². The summed E-state index contributed by atoms with van der Waals surface area (Å²) < 4.78 is 28.9. The maximum atomic E-state index is 11.9. The van der Waals surface area contributed by atoms with Crippen LogP contribution in [0.3, 0.4) is 0 Å². The molecule has 1 aromatic heterocycles. The zero-order chi connectivity index (χ0) is 11.4. The van der Waals surface area contributed by atoms with E-state index in [0.717, 1.165) is 13.1 Å². The smallest absolute Gasteiger partial charge is 0.160 e. The van der Waals surface area contributed by atoms with Crippen molar-refractivity contribution < 1.29 is 13.7 Å². The first-order valence-electron chi connectivity index (χ1n) is 5.13. The molecule has 2 heterocycles. The van der Waals surface area contributed by atoms with E-state index in [1.807, 2.05) is 0 Å². The highest BCUT2D eigenvalue weighted by Gasteiger charge is 2.18. The highest BCUT2D eigenvalue weighted by Crippen LogP contribution is 2.22. The molecule has 88 valence electrons. The lowest BCUT2D eigenvalue weighted by Crippen LogP contribution is -2.89. The molecule has 7 heteroatoms. The van der Waals surface area contributed by atoms with Crippen LogP contribution in [0.4, 0.5) is 5.69 Å². The normalized spacial score (nSPS) is 18.2. The zero-order valence-electron chi connectivity index (χ0n) is 8.78. The summed E-state index contributed by atoms with van der Waals surface area (Å²) in [5, 5.41) is 2.09. The first-order valence-corrected chi connectivity index (χ1v) is 6.53. The molecule has 2 N–H and O–H groups in total. The highest BCUT2D eigenvalue weighted by molar-refractivity contribution is 7.92. The molecule has 16 heavy (non-hydrogen) atoms. The molecular formula is C9H14N4O2S. The Morgan fingerprint density at radius 3 is 2.75 bits per heavy atom. The molecule has 0 atom stereocenters. The molecule has 0 aromatic carbocycles. The Balaban J connectivity index is 2.08. The van der Waals surface area contributed by atoms with E-state index < -0.39 is 10.2 Å². The molecule has 1 aliphatic heterocycles. The molecule has 6 nitrogen and oxygen atoms in total. The standard InChI is InChI=1S/C9H13N4O2S/c14-16(15,13-6-4-10-5-7-13)12-9-2-1-3-11-8-9/h1-3,8,10H,4-7H2/q-1/p+1. The van der Waals surface area contributed by atoms with Gasteiger partial charge in [-0.2, -0.15) is 0 Å². The summed E-state index contributed by atoms with van der Waals surface area (Å²) in [4.78, 5) is 3.83. The largest absolute Gasteiger partial charge is 0.562 e. The monoisotopic (exact) mass is 242 g/mol. The second-order valence-electron chi connectivity index (χ2n) is 3.55. The first-order chi connectivity index (χ1) is 7.68. The van der Waals surface area contributed by atoms with Crippen LogP contribution in [-0.2, 0) is 10.2 Å². The minimum absolute atomic E-state index is 0.372. The Bertz CT molecular complexity index is 428. The summed E-state index contributed by atoms with van der Waals surface area (Å²) in [5.41, 5.74) is 0.372. The van der Waals surface area contributed by atoms with Crippen LogP contribution in [0.2, 0.25) is 0 Å². The molecule has 0 aliphatic carbocycles.